The zero-order chi connectivity index (χ0) is 13.0. The van der Waals surface area contributed by atoms with Gasteiger partial charge >= 0.3 is 5.97 Å². The molecule has 0 saturated carbocycles. The summed E-state index contributed by atoms with van der Waals surface area (Å²) < 4.78 is 0. The van der Waals surface area contributed by atoms with E-state index in [2.05, 4.69) is 11.4 Å². The lowest BCUT2D eigenvalue weighted by atomic mass is 10.0. The minimum atomic E-state index is -0.833. The largest absolute Gasteiger partial charge is 0.481 e. The number of carboxylic acids is 1. The molecule has 0 radical (unpaired) electrons. The van der Waals surface area contributed by atoms with Crippen LogP contribution in [0.4, 0.5) is 5.69 Å². The van der Waals surface area contributed by atoms with Crippen LogP contribution in [0, 0.1) is 11.3 Å². The van der Waals surface area contributed by atoms with Crippen molar-refractivity contribution in [3.8, 4) is 6.07 Å². The summed E-state index contributed by atoms with van der Waals surface area (Å²) in [7, 11) is 0. The van der Waals surface area contributed by atoms with Crippen LogP contribution in [0.25, 0.3) is 10.8 Å². The van der Waals surface area contributed by atoms with Crippen LogP contribution in [0.15, 0.2) is 36.4 Å². The monoisotopic (exact) mass is 240 g/mol. The predicted octanol–water partition coefficient (Wildman–Crippen LogP) is 2.60. The fraction of sp³-hybridized carbons (Fsp3) is 0.143. The van der Waals surface area contributed by atoms with Gasteiger partial charge in [0.05, 0.1) is 18.1 Å². The molecule has 0 aliphatic rings. The first-order valence-electron chi connectivity index (χ1n) is 5.60. The average Bonchev–Trinajstić information content (AvgIpc) is 2.38. The SMILES string of the molecule is N#Cc1ccc(NCCC(=O)O)c2ccccc12. The second-order valence-corrected chi connectivity index (χ2v) is 3.89. The van der Waals surface area contributed by atoms with E-state index in [4.69, 9.17) is 10.4 Å². The molecule has 2 aromatic carbocycles. The van der Waals surface area contributed by atoms with Crippen LogP contribution in [-0.2, 0) is 4.79 Å². The molecule has 0 bridgehead atoms. The number of hydrogen-bond donors (Lipinski definition) is 2. The number of nitriles is 1. The highest BCUT2D eigenvalue weighted by Crippen LogP contribution is 2.26. The molecule has 90 valence electrons. The first kappa shape index (κ1) is 11.9. The normalized spacial score (nSPS) is 9.94. The molecule has 18 heavy (non-hydrogen) atoms. The Kier molecular flexibility index (Phi) is 3.44. The summed E-state index contributed by atoms with van der Waals surface area (Å²) in [5.41, 5.74) is 1.47. The van der Waals surface area contributed by atoms with Crippen molar-refractivity contribution in [1.29, 1.82) is 5.26 Å². The predicted molar refractivity (Wildman–Crippen MR) is 69.4 cm³/mol. The van der Waals surface area contributed by atoms with Gasteiger partial charge in [0, 0.05) is 23.0 Å². The smallest absolute Gasteiger partial charge is 0.305 e. The van der Waals surface area contributed by atoms with Gasteiger partial charge in [0.15, 0.2) is 0 Å². The Morgan fingerprint density at radius 1 is 1.22 bits per heavy atom. The Bertz CT molecular complexity index is 629. The maximum atomic E-state index is 10.5. The summed E-state index contributed by atoms with van der Waals surface area (Å²) in [4.78, 5) is 10.5. The number of hydrogen-bond acceptors (Lipinski definition) is 3. The zero-order valence-electron chi connectivity index (χ0n) is 9.68. The van der Waals surface area contributed by atoms with Crippen molar-refractivity contribution in [2.45, 2.75) is 6.42 Å². The van der Waals surface area contributed by atoms with E-state index >= 15 is 0 Å². The van der Waals surface area contributed by atoms with E-state index in [0.717, 1.165) is 16.5 Å². The fourth-order valence-corrected chi connectivity index (χ4v) is 1.85. The van der Waals surface area contributed by atoms with Crippen molar-refractivity contribution in [3.63, 3.8) is 0 Å². The number of nitrogens with zero attached hydrogens (tertiary/aromatic N) is 1. The maximum absolute atomic E-state index is 10.5. The van der Waals surface area contributed by atoms with Crippen LogP contribution in [0.2, 0.25) is 0 Å². The van der Waals surface area contributed by atoms with Crippen molar-refractivity contribution < 1.29 is 9.90 Å². The molecule has 0 unspecified atom stereocenters. The Labute approximate surface area is 104 Å². The van der Waals surface area contributed by atoms with Crippen LogP contribution in [0.5, 0.6) is 0 Å². The second-order valence-electron chi connectivity index (χ2n) is 3.89. The van der Waals surface area contributed by atoms with Gasteiger partial charge in [-0.25, -0.2) is 0 Å². The summed E-state index contributed by atoms with van der Waals surface area (Å²) >= 11 is 0. The highest BCUT2D eigenvalue weighted by atomic mass is 16.4. The minimum absolute atomic E-state index is 0.0638. The Morgan fingerprint density at radius 3 is 2.61 bits per heavy atom. The first-order chi connectivity index (χ1) is 8.72. The number of rotatable bonds is 4. The molecule has 0 aromatic heterocycles. The van der Waals surface area contributed by atoms with Gasteiger partial charge in [0.1, 0.15) is 0 Å². The average molecular weight is 240 g/mol. The van der Waals surface area contributed by atoms with Crippen LogP contribution in [-0.4, -0.2) is 17.6 Å². The number of fused-ring (bicyclic) bond motifs is 1. The van der Waals surface area contributed by atoms with E-state index in [9.17, 15) is 4.79 Å². The molecular weight excluding hydrogens is 228 g/mol. The van der Waals surface area contributed by atoms with Gasteiger partial charge in [-0.05, 0) is 12.1 Å². The van der Waals surface area contributed by atoms with E-state index in [-0.39, 0.29) is 6.42 Å². The number of nitrogens with one attached hydrogen (secondary N) is 1. The second kappa shape index (κ2) is 5.19. The minimum Gasteiger partial charge on any atom is -0.481 e. The van der Waals surface area contributed by atoms with Crippen molar-refractivity contribution in [2.75, 3.05) is 11.9 Å². The van der Waals surface area contributed by atoms with E-state index in [1.807, 2.05) is 30.3 Å². The van der Waals surface area contributed by atoms with E-state index in [0.29, 0.717) is 12.1 Å². The van der Waals surface area contributed by atoms with Gasteiger partial charge in [-0.15, -0.1) is 0 Å². The quantitative estimate of drug-likeness (QED) is 0.861. The van der Waals surface area contributed by atoms with Crippen LogP contribution < -0.4 is 5.32 Å². The molecule has 2 aromatic rings. The van der Waals surface area contributed by atoms with Crippen LogP contribution >= 0.6 is 0 Å². The molecule has 0 spiro atoms. The molecular formula is C14H12N2O2. The summed E-state index contributed by atoms with van der Waals surface area (Å²) in [5.74, 6) is -0.833. The van der Waals surface area contributed by atoms with Crippen molar-refractivity contribution in [2.24, 2.45) is 0 Å². The van der Waals surface area contributed by atoms with Crippen LogP contribution in [0.1, 0.15) is 12.0 Å². The lowest BCUT2D eigenvalue weighted by molar-refractivity contribution is -0.136. The molecule has 0 heterocycles. The summed E-state index contributed by atoms with van der Waals surface area (Å²) in [6, 6.07) is 13.3. The molecule has 4 heteroatoms. The molecule has 0 aliphatic carbocycles. The maximum Gasteiger partial charge on any atom is 0.305 e. The van der Waals surface area contributed by atoms with Gasteiger partial charge in [-0.3, -0.25) is 4.79 Å². The van der Waals surface area contributed by atoms with Gasteiger partial charge in [-0.2, -0.15) is 5.26 Å². The summed E-state index contributed by atoms with van der Waals surface area (Å²) in [6.45, 7) is 0.366. The zero-order valence-corrected chi connectivity index (χ0v) is 9.68. The lowest BCUT2D eigenvalue weighted by Gasteiger charge is -2.09. The van der Waals surface area contributed by atoms with E-state index in [1.165, 1.54) is 0 Å². The Balaban J connectivity index is 2.35. The number of anilines is 1. The third-order valence-corrected chi connectivity index (χ3v) is 2.70. The fourth-order valence-electron chi connectivity index (χ4n) is 1.85. The topological polar surface area (TPSA) is 73.1 Å². The molecule has 0 fully saturated rings. The van der Waals surface area contributed by atoms with Crippen LogP contribution in [0.3, 0.4) is 0 Å². The third kappa shape index (κ3) is 2.41. The molecule has 0 atom stereocenters. The van der Waals surface area contributed by atoms with Gasteiger partial charge < -0.3 is 10.4 Å². The van der Waals surface area contributed by atoms with Crippen molar-refractivity contribution in [3.05, 3.63) is 42.0 Å². The standard InChI is InChI=1S/C14H12N2O2/c15-9-10-5-6-13(16-8-7-14(17)18)12-4-2-1-3-11(10)12/h1-6,16H,7-8H2,(H,17,18). The van der Waals surface area contributed by atoms with Crippen molar-refractivity contribution >= 4 is 22.4 Å². The number of benzene rings is 2. The molecule has 4 nitrogen and oxygen atoms in total. The molecule has 0 amide bonds. The number of aliphatic carboxylic acids is 1. The number of carbonyl (C=O) groups is 1. The van der Waals surface area contributed by atoms with E-state index < -0.39 is 5.97 Å². The molecule has 2 N–H and O–H groups in total. The Morgan fingerprint density at radius 2 is 1.94 bits per heavy atom. The van der Waals surface area contributed by atoms with Gasteiger partial charge in [0.2, 0.25) is 0 Å². The molecule has 0 saturated heterocycles. The van der Waals surface area contributed by atoms with E-state index in [1.54, 1.807) is 6.07 Å². The highest BCUT2D eigenvalue weighted by molar-refractivity contribution is 5.97. The third-order valence-electron chi connectivity index (χ3n) is 2.70. The van der Waals surface area contributed by atoms with Crippen molar-refractivity contribution in [1.82, 2.24) is 0 Å². The lowest BCUT2D eigenvalue weighted by Crippen LogP contribution is -2.07. The Hall–Kier alpha value is -2.54. The van der Waals surface area contributed by atoms with Gasteiger partial charge in [0.25, 0.3) is 0 Å². The number of carboxylic acid groups (broad SMARTS) is 1. The summed E-state index contributed by atoms with van der Waals surface area (Å²) in [6.07, 6.45) is 0.0638. The molecule has 0 aliphatic heterocycles. The first-order valence-corrected chi connectivity index (χ1v) is 5.60. The summed E-state index contributed by atoms with van der Waals surface area (Å²) in [5, 5.41) is 22.5. The molecule has 2 rings (SSSR count). The van der Waals surface area contributed by atoms with Gasteiger partial charge in [-0.1, -0.05) is 24.3 Å². The highest BCUT2D eigenvalue weighted by Gasteiger charge is 2.05.